The van der Waals surface area contributed by atoms with Gasteiger partial charge in [0.05, 0.1) is 15.9 Å². The normalized spacial score (nSPS) is 12.9. The van der Waals surface area contributed by atoms with E-state index in [4.69, 9.17) is 4.98 Å². The Balaban J connectivity index is 2.17. The third-order valence-electron chi connectivity index (χ3n) is 3.59. The van der Waals surface area contributed by atoms with Gasteiger partial charge in [0.1, 0.15) is 0 Å². The Bertz CT molecular complexity index is 667. The average Bonchev–Trinajstić information content (AvgIpc) is 3.06. The van der Waals surface area contributed by atoms with Crippen LogP contribution in [0.15, 0.2) is 41.8 Å². The lowest BCUT2D eigenvalue weighted by atomic mass is 10.1. The van der Waals surface area contributed by atoms with Gasteiger partial charge in [-0.3, -0.25) is 0 Å². The zero-order chi connectivity index (χ0) is 13.2. The molecule has 0 saturated carbocycles. The van der Waals surface area contributed by atoms with E-state index < -0.39 is 0 Å². The van der Waals surface area contributed by atoms with E-state index in [9.17, 15) is 0 Å². The van der Waals surface area contributed by atoms with Crippen molar-refractivity contribution in [2.45, 2.75) is 26.8 Å². The van der Waals surface area contributed by atoms with E-state index >= 15 is 0 Å². The van der Waals surface area contributed by atoms with Gasteiger partial charge >= 0.3 is 0 Å². The molecule has 19 heavy (non-hydrogen) atoms. The van der Waals surface area contributed by atoms with Crippen LogP contribution in [0.1, 0.15) is 20.3 Å². The smallest absolute Gasteiger partial charge is 0.151 e. The van der Waals surface area contributed by atoms with Crippen molar-refractivity contribution in [3.05, 3.63) is 41.8 Å². The van der Waals surface area contributed by atoms with Crippen LogP contribution in [0, 0.1) is 5.92 Å². The summed E-state index contributed by atoms with van der Waals surface area (Å²) in [6, 6.07) is 12.7. The predicted molar refractivity (Wildman–Crippen MR) is 82.5 cm³/mol. The highest BCUT2D eigenvalue weighted by molar-refractivity contribution is 7.13. The average molecular weight is 270 g/mol. The Morgan fingerprint density at radius 2 is 2.05 bits per heavy atom. The summed E-state index contributed by atoms with van der Waals surface area (Å²) in [7, 11) is 0. The molecule has 0 fully saturated rings. The lowest BCUT2D eigenvalue weighted by Gasteiger charge is -2.13. The summed E-state index contributed by atoms with van der Waals surface area (Å²) in [5.74, 6) is 1.77. The summed E-state index contributed by atoms with van der Waals surface area (Å²) >= 11 is 1.76. The molecule has 0 N–H and O–H groups in total. The monoisotopic (exact) mass is 270 g/mol. The highest BCUT2D eigenvalue weighted by Gasteiger charge is 2.14. The fraction of sp³-hybridized carbons (Fsp3) is 0.312. The number of benzene rings is 1. The van der Waals surface area contributed by atoms with Gasteiger partial charge in [0.2, 0.25) is 0 Å². The first kappa shape index (κ1) is 12.4. The fourth-order valence-electron chi connectivity index (χ4n) is 2.29. The second-order valence-corrected chi connectivity index (χ2v) is 5.97. The topological polar surface area (TPSA) is 17.8 Å². The number of hydrogen-bond donors (Lipinski definition) is 0. The molecule has 0 amide bonds. The number of hydrogen-bond acceptors (Lipinski definition) is 2. The molecule has 0 bridgehead atoms. The quantitative estimate of drug-likeness (QED) is 0.665. The van der Waals surface area contributed by atoms with Crippen molar-refractivity contribution in [2.24, 2.45) is 5.92 Å². The molecule has 1 aromatic carbocycles. The third kappa shape index (κ3) is 2.30. The molecule has 2 heterocycles. The molecule has 0 aliphatic rings. The van der Waals surface area contributed by atoms with E-state index in [1.165, 1.54) is 16.8 Å². The maximum Gasteiger partial charge on any atom is 0.151 e. The number of imidazole rings is 1. The largest absolute Gasteiger partial charge is 0.323 e. The number of nitrogens with zero attached hydrogens (tertiary/aromatic N) is 2. The van der Waals surface area contributed by atoms with Crippen LogP contribution in [0.25, 0.3) is 21.7 Å². The van der Waals surface area contributed by atoms with E-state index in [2.05, 4.69) is 60.2 Å². The molecule has 0 unspecified atom stereocenters. The van der Waals surface area contributed by atoms with Crippen LogP contribution in [-0.4, -0.2) is 9.55 Å². The van der Waals surface area contributed by atoms with Crippen molar-refractivity contribution in [1.29, 1.82) is 0 Å². The minimum Gasteiger partial charge on any atom is -0.323 e. The van der Waals surface area contributed by atoms with Gasteiger partial charge in [0.25, 0.3) is 0 Å². The molecule has 3 heteroatoms. The van der Waals surface area contributed by atoms with E-state index in [1.807, 2.05) is 0 Å². The van der Waals surface area contributed by atoms with Gasteiger partial charge < -0.3 is 4.57 Å². The van der Waals surface area contributed by atoms with Crippen LogP contribution in [0.2, 0.25) is 0 Å². The number of rotatable bonds is 4. The van der Waals surface area contributed by atoms with Gasteiger partial charge in [-0.15, -0.1) is 11.3 Å². The fourth-order valence-corrected chi connectivity index (χ4v) is 3.02. The number of aromatic nitrogens is 2. The van der Waals surface area contributed by atoms with Gasteiger partial charge in [-0.2, -0.15) is 0 Å². The third-order valence-corrected chi connectivity index (χ3v) is 4.45. The SMILES string of the molecule is CC[C@@H](C)Cn1c(-c2cccs2)nc2ccccc21. The van der Waals surface area contributed by atoms with Crippen molar-refractivity contribution in [1.82, 2.24) is 9.55 Å². The zero-order valence-electron chi connectivity index (χ0n) is 11.3. The predicted octanol–water partition coefficient (Wildman–Crippen LogP) is 4.81. The maximum atomic E-state index is 4.82. The molecular formula is C16H18N2S. The number of thiophene rings is 1. The Morgan fingerprint density at radius 3 is 2.79 bits per heavy atom. The summed E-state index contributed by atoms with van der Waals surface area (Å²) < 4.78 is 2.37. The maximum absolute atomic E-state index is 4.82. The van der Waals surface area contributed by atoms with Crippen LogP contribution in [0.3, 0.4) is 0 Å². The first-order valence-electron chi connectivity index (χ1n) is 6.78. The standard InChI is InChI=1S/C16H18N2S/c1-3-12(2)11-18-14-8-5-4-7-13(14)17-16(18)15-9-6-10-19-15/h4-10,12H,3,11H2,1-2H3/t12-/m1/s1. The summed E-state index contributed by atoms with van der Waals surface area (Å²) in [5, 5.41) is 2.11. The minimum absolute atomic E-state index is 0.663. The first-order chi connectivity index (χ1) is 9.29. The summed E-state index contributed by atoms with van der Waals surface area (Å²) in [4.78, 5) is 6.07. The van der Waals surface area contributed by atoms with Crippen molar-refractivity contribution in [3.8, 4) is 10.7 Å². The molecule has 0 spiro atoms. The Morgan fingerprint density at radius 1 is 1.21 bits per heavy atom. The number of fused-ring (bicyclic) bond motifs is 1. The van der Waals surface area contributed by atoms with Crippen LogP contribution in [-0.2, 0) is 6.54 Å². The van der Waals surface area contributed by atoms with E-state index in [0.29, 0.717) is 5.92 Å². The van der Waals surface area contributed by atoms with Crippen molar-refractivity contribution in [2.75, 3.05) is 0 Å². The minimum atomic E-state index is 0.663. The summed E-state index contributed by atoms with van der Waals surface area (Å²) in [5.41, 5.74) is 2.33. The van der Waals surface area contributed by atoms with Crippen LogP contribution < -0.4 is 0 Å². The molecule has 1 atom stereocenters. The Labute approximate surface area is 117 Å². The first-order valence-corrected chi connectivity index (χ1v) is 7.66. The molecule has 0 radical (unpaired) electrons. The van der Waals surface area contributed by atoms with Crippen molar-refractivity contribution < 1.29 is 0 Å². The molecule has 0 saturated heterocycles. The van der Waals surface area contributed by atoms with Crippen LogP contribution in [0.4, 0.5) is 0 Å². The van der Waals surface area contributed by atoms with Gasteiger partial charge in [-0.25, -0.2) is 4.98 Å². The molecule has 2 aromatic heterocycles. The zero-order valence-corrected chi connectivity index (χ0v) is 12.2. The van der Waals surface area contributed by atoms with Gasteiger partial charge in [0.15, 0.2) is 5.82 Å². The molecule has 2 nitrogen and oxygen atoms in total. The van der Waals surface area contributed by atoms with E-state index in [-0.39, 0.29) is 0 Å². The van der Waals surface area contributed by atoms with Gasteiger partial charge in [-0.1, -0.05) is 38.5 Å². The molecule has 98 valence electrons. The van der Waals surface area contributed by atoms with Crippen molar-refractivity contribution in [3.63, 3.8) is 0 Å². The van der Waals surface area contributed by atoms with E-state index in [0.717, 1.165) is 17.9 Å². The second kappa shape index (κ2) is 5.17. The molecule has 0 aliphatic carbocycles. The van der Waals surface area contributed by atoms with Crippen LogP contribution >= 0.6 is 11.3 Å². The summed E-state index contributed by atoms with van der Waals surface area (Å²) in [6.07, 6.45) is 1.19. The highest BCUT2D eigenvalue weighted by Crippen LogP contribution is 2.29. The Kier molecular flexibility index (Phi) is 3.38. The van der Waals surface area contributed by atoms with Crippen molar-refractivity contribution >= 4 is 22.4 Å². The number of para-hydroxylation sites is 2. The lowest BCUT2D eigenvalue weighted by Crippen LogP contribution is -2.07. The Hall–Kier alpha value is -1.61. The van der Waals surface area contributed by atoms with Crippen LogP contribution in [0.5, 0.6) is 0 Å². The molecule has 3 aromatic rings. The second-order valence-electron chi connectivity index (χ2n) is 5.03. The van der Waals surface area contributed by atoms with Gasteiger partial charge in [-0.05, 0) is 29.5 Å². The summed E-state index contributed by atoms with van der Waals surface area (Å²) in [6.45, 7) is 5.58. The van der Waals surface area contributed by atoms with E-state index in [1.54, 1.807) is 11.3 Å². The van der Waals surface area contributed by atoms with Gasteiger partial charge in [0, 0.05) is 6.54 Å². The molecule has 0 aliphatic heterocycles. The highest BCUT2D eigenvalue weighted by atomic mass is 32.1. The molecule has 3 rings (SSSR count). The molecular weight excluding hydrogens is 252 g/mol. The lowest BCUT2D eigenvalue weighted by molar-refractivity contribution is 0.479.